The molecule has 0 saturated carbocycles. The molecule has 286 valence electrons. The van der Waals surface area contributed by atoms with Crippen molar-refractivity contribution in [1.82, 2.24) is 19.5 Å². The molecule has 0 saturated heterocycles. The van der Waals surface area contributed by atoms with Crippen molar-refractivity contribution in [3.05, 3.63) is 180 Å². The van der Waals surface area contributed by atoms with E-state index in [0.29, 0.717) is 56.5 Å². The molecule has 9 aromatic rings. The molecule has 0 bridgehead atoms. The van der Waals surface area contributed by atoms with E-state index in [1.54, 1.807) is 12.1 Å². The highest BCUT2D eigenvalue weighted by atomic mass is 19.4. The van der Waals surface area contributed by atoms with Crippen molar-refractivity contribution in [1.29, 1.82) is 5.26 Å². The van der Waals surface area contributed by atoms with Gasteiger partial charge in [-0.15, -0.1) is 0 Å². The van der Waals surface area contributed by atoms with Crippen LogP contribution < -0.4 is 0 Å². The minimum absolute atomic E-state index is 0.132. The molecule has 0 aliphatic carbocycles. The van der Waals surface area contributed by atoms with Crippen LogP contribution in [0.5, 0.6) is 0 Å². The zero-order valence-corrected chi connectivity index (χ0v) is 32.5. The number of fused-ring (bicyclic) bond motifs is 3. The van der Waals surface area contributed by atoms with Gasteiger partial charge in [-0.05, 0) is 76.7 Å². The van der Waals surface area contributed by atoms with Crippen LogP contribution >= 0.6 is 0 Å². The molecular weight excluding hydrogens is 740 g/mol. The molecule has 0 spiro atoms. The fourth-order valence-electron chi connectivity index (χ4n) is 7.68. The van der Waals surface area contributed by atoms with Gasteiger partial charge in [-0.1, -0.05) is 130 Å². The third-order valence-corrected chi connectivity index (χ3v) is 10.6. The van der Waals surface area contributed by atoms with Gasteiger partial charge in [0, 0.05) is 38.6 Å². The van der Waals surface area contributed by atoms with Crippen LogP contribution in [0.1, 0.15) is 37.5 Å². The fourth-order valence-corrected chi connectivity index (χ4v) is 7.68. The third kappa shape index (κ3) is 7.02. The zero-order valence-electron chi connectivity index (χ0n) is 32.5. The molecule has 2 heterocycles. The lowest BCUT2D eigenvalue weighted by atomic mass is 9.86. The molecule has 0 amide bonds. The van der Waals surface area contributed by atoms with Crippen molar-refractivity contribution in [2.45, 2.75) is 32.4 Å². The normalized spacial score (nSPS) is 11.9. The number of halogens is 3. The third-order valence-electron chi connectivity index (χ3n) is 10.6. The van der Waals surface area contributed by atoms with Gasteiger partial charge in [-0.25, -0.2) is 15.0 Å². The van der Waals surface area contributed by atoms with Crippen molar-refractivity contribution in [2.24, 2.45) is 0 Å². The molecule has 7 aromatic carbocycles. The topological polar surface area (TPSA) is 67.4 Å². The Bertz CT molecular complexity index is 3020. The number of hydrogen-bond donors (Lipinski definition) is 0. The van der Waals surface area contributed by atoms with Gasteiger partial charge in [0.1, 0.15) is 0 Å². The molecule has 0 aliphatic rings. The molecule has 0 aliphatic heterocycles. The smallest absolute Gasteiger partial charge is 0.308 e. The Morgan fingerprint density at radius 3 is 1.59 bits per heavy atom. The number of rotatable bonds is 6. The van der Waals surface area contributed by atoms with Gasteiger partial charge in [-0.3, -0.25) is 0 Å². The first-order chi connectivity index (χ1) is 28.5. The summed E-state index contributed by atoms with van der Waals surface area (Å²) in [5.41, 5.74) is 7.49. The van der Waals surface area contributed by atoms with E-state index in [2.05, 4.69) is 55.7 Å². The predicted molar refractivity (Wildman–Crippen MR) is 230 cm³/mol. The lowest BCUT2D eigenvalue weighted by molar-refractivity contribution is -0.137. The summed E-state index contributed by atoms with van der Waals surface area (Å²) in [6.45, 7) is 6.52. The largest absolute Gasteiger partial charge is 0.416 e. The van der Waals surface area contributed by atoms with Gasteiger partial charge in [0.25, 0.3) is 0 Å². The average Bonchev–Trinajstić information content (AvgIpc) is 3.59. The number of benzene rings is 7. The zero-order chi connectivity index (χ0) is 40.9. The summed E-state index contributed by atoms with van der Waals surface area (Å²) in [6.07, 6.45) is -4.59. The molecular formula is C51H36F3N5. The number of nitriles is 1. The number of hydrogen-bond acceptors (Lipinski definition) is 4. The van der Waals surface area contributed by atoms with E-state index in [1.165, 1.54) is 12.1 Å². The highest BCUT2D eigenvalue weighted by Crippen LogP contribution is 2.45. The predicted octanol–water partition coefficient (Wildman–Crippen LogP) is 13.5. The van der Waals surface area contributed by atoms with Gasteiger partial charge in [0.15, 0.2) is 17.5 Å². The fraction of sp³-hybridized carbons (Fsp3) is 0.0980. The first-order valence-corrected chi connectivity index (χ1v) is 19.2. The Hall–Kier alpha value is -7.37. The van der Waals surface area contributed by atoms with E-state index in [4.69, 9.17) is 15.0 Å². The van der Waals surface area contributed by atoms with Gasteiger partial charge in [-0.2, -0.15) is 18.4 Å². The van der Waals surface area contributed by atoms with Crippen LogP contribution in [0.15, 0.2) is 164 Å². The maximum Gasteiger partial charge on any atom is 0.416 e. The number of nitrogens with zero attached hydrogens (tertiary/aromatic N) is 5. The number of para-hydroxylation sites is 1. The second kappa shape index (κ2) is 14.5. The molecule has 0 unspecified atom stereocenters. The summed E-state index contributed by atoms with van der Waals surface area (Å²) in [7, 11) is 0. The quantitative estimate of drug-likeness (QED) is 0.169. The van der Waals surface area contributed by atoms with Crippen molar-refractivity contribution >= 4 is 21.8 Å². The van der Waals surface area contributed by atoms with Crippen LogP contribution in [0.2, 0.25) is 0 Å². The summed E-state index contributed by atoms with van der Waals surface area (Å²) in [5.74, 6) is 1.24. The van der Waals surface area contributed by atoms with Crippen LogP contribution in [0.4, 0.5) is 13.2 Å². The molecule has 0 radical (unpaired) electrons. The minimum Gasteiger partial charge on any atom is -0.308 e. The van der Waals surface area contributed by atoms with E-state index >= 15 is 0 Å². The Labute approximate surface area is 339 Å². The van der Waals surface area contributed by atoms with Gasteiger partial charge in [0.2, 0.25) is 0 Å². The first-order valence-electron chi connectivity index (χ1n) is 19.2. The molecule has 0 N–H and O–H groups in total. The van der Waals surface area contributed by atoms with Gasteiger partial charge in [0.05, 0.1) is 33.9 Å². The van der Waals surface area contributed by atoms with Gasteiger partial charge < -0.3 is 4.57 Å². The van der Waals surface area contributed by atoms with Gasteiger partial charge >= 0.3 is 6.18 Å². The molecule has 5 nitrogen and oxygen atoms in total. The molecule has 9 rings (SSSR count). The molecule has 2 aromatic heterocycles. The van der Waals surface area contributed by atoms with Crippen molar-refractivity contribution in [3.63, 3.8) is 0 Å². The molecule has 8 heteroatoms. The average molecular weight is 776 g/mol. The van der Waals surface area contributed by atoms with E-state index < -0.39 is 11.7 Å². The Morgan fingerprint density at radius 1 is 0.475 bits per heavy atom. The Kier molecular flexibility index (Phi) is 9.17. The lowest BCUT2D eigenvalue weighted by Gasteiger charge is -2.22. The molecule has 59 heavy (non-hydrogen) atoms. The van der Waals surface area contributed by atoms with Crippen molar-refractivity contribution in [3.8, 4) is 68.2 Å². The molecule has 0 atom stereocenters. The van der Waals surface area contributed by atoms with Crippen molar-refractivity contribution < 1.29 is 13.2 Å². The standard InChI is InChI=1S/C51H36F3N5/c1-50(2,3)38-24-25-45-43(30-38)40-22-10-11-23-44(40)59(45)46-41(35-19-12-14-32(26-35)31-55)28-37(29-42(46)36-20-13-21-39(27-36)51(52,53)54)49-57-47(33-15-6-4-7-16-33)56-48(58-49)34-17-8-5-9-18-34/h4-30H,1-3H3. The van der Waals surface area contributed by atoms with E-state index in [9.17, 15) is 18.4 Å². The van der Waals surface area contributed by atoms with Crippen LogP contribution in [-0.2, 0) is 11.6 Å². The summed E-state index contributed by atoms with van der Waals surface area (Å²) >= 11 is 0. The highest BCUT2D eigenvalue weighted by molar-refractivity contribution is 6.11. The minimum atomic E-state index is -4.59. The van der Waals surface area contributed by atoms with Crippen LogP contribution in [0, 0.1) is 11.3 Å². The van der Waals surface area contributed by atoms with Crippen molar-refractivity contribution in [2.75, 3.05) is 0 Å². The van der Waals surface area contributed by atoms with E-state index in [-0.39, 0.29) is 5.41 Å². The summed E-state index contributed by atoms with van der Waals surface area (Å²) in [5, 5.41) is 12.1. The maximum atomic E-state index is 14.5. The first kappa shape index (κ1) is 37.2. The molecule has 0 fully saturated rings. The van der Waals surface area contributed by atoms with E-state index in [0.717, 1.165) is 44.6 Å². The second-order valence-electron chi connectivity index (χ2n) is 15.6. The summed E-state index contributed by atoms with van der Waals surface area (Å²) in [6, 6.07) is 52.6. The SMILES string of the molecule is CC(C)(C)c1ccc2c(c1)c1ccccc1n2-c1c(-c2cccc(C#N)c2)cc(-c2nc(-c3ccccc3)nc(-c3ccccc3)n2)cc1-c1cccc(C(F)(F)F)c1. The van der Waals surface area contributed by atoms with Crippen LogP contribution in [0.25, 0.3) is 83.9 Å². The number of alkyl halides is 3. The lowest BCUT2D eigenvalue weighted by Crippen LogP contribution is -2.10. The highest BCUT2D eigenvalue weighted by Gasteiger charge is 2.31. The summed E-state index contributed by atoms with van der Waals surface area (Å²) < 4.78 is 45.7. The van der Waals surface area contributed by atoms with Crippen LogP contribution in [0.3, 0.4) is 0 Å². The summed E-state index contributed by atoms with van der Waals surface area (Å²) in [4.78, 5) is 14.9. The van der Waals surface area contributed by atoms with E-state index in [1.807, 2.05) is 109 Å². The van der Waals surface area contributed by atoms with Crippen LogP contribution in [-0.4, -0.2) is 19.5 Å². The second-order valence-corrected chi connectivity index (χ2v) is 15.6. The Balaban J connectivity index is 1.44. The monoisotopic (exact) mass is 775 g/mol. The maximum absolute atomic E-state index is 14.5. The number of aromatic nitrogens is 4. The Morgan fingerprint density at radius 2 is 1.00 bits per heavy atom.